The highest BCUT2D eigenvalue weighted by atomic mass is 16.5. The average Bonchev–Trinajstić information content (AvgIpc) is 3.17. The molecule has 1 rings (SSSR count). The predicted molar refractivity (Wildman–Crippen MR) is 249 cm³/mol. The maximum Gasteiger partial charge on any atom is 0.306 e. The molecule has 0 amide bonds. The second-order valence-electron chi connectivity index (χ2n) is 18.7. The molecule has 0 unspecified atom stereocenters. The van der Waals surface area contributed by atoms with E-state index in [1.54, 1.807) is 0 Å². The summed E-state index contributed by atoms with van der Waals surface area (Å²) < 4.78 is 5.78. The molecule has 0 saturated carbocycles. The van der Waals surface area contributed by atoms with Crippen LogP contribution in [0.1, 0.15) is 259 Å². The number of rotatable bonds is 33. The summed E-state index contributed by atoms with van der Waals surface area (Å²) in [6.07, 6.45) is 51.8. The molecule has 1 aliphatic rings. The number of hydrogen-bond acceptors (Lipinski definition) is 4. The maximum atomic E-state index is 12.6. The van der Waals surface area contributed by atoms with Crippen LogP contribution >= 0.6 is 0 Å². The summed E-state index contributed by atoms with van der Waals surface area (Å²) >= 11 is 0. The molecule has 0 radical (unpaired) electrons. The zero-order chi connectivity index (χ0) is 41.7. The minimum absolute atomic E-state index is 0.0417. The van der Waals surface area contributed by atoms with Crippen molar-refractivity contribution >= 4 is 5.97 Å². The van der Waals surface area contributed by atoms with Crippen molar-refractivity contribution in [3.8, 4) is 0 Å². The Labute approximate surface area is 355 Å². The summed E-state index contributed by atoms with van der Waals surface area (Å²) in [5.41, 5.74) is 4.68. The molecule has 1 aliphatic carbocycles. The van der Waals surface area contributed by atoms with Gasteiger partial charge in [0.1, 0.15) is 6.61 Å². The van der Waals surface area contributed by atoms with Crippen molar-refractivity contribution in [2.24, 2.45) is 5.92 Å². The van der Waals surface area contributed by atoms with E-state index in [2.05, 4.69) is 52.0 Å². The van der Waals surface area contributed by atoms with Crippen LogP contribution in [0.3, 0.4) is 0 Å². The zero-order valence-electron chi connectivity index (χ0n) is 38.8. The van der Waals surface area contributed by atoms with Crippen molar-refractivity contribution in [3.63, 3.8) is 0 Å². The number of ether oxygens (including phenoxy) is 1. The first-order chi connectivity index (χ1) is 27.6. The third kappa shape index (κ3) is 33.8. The van der Waals surface area contributed by atoms with Crippen LogP contribution in [0.25, 0.3) is 0 Å². The van der Waals surface area contributed by atoms with Gasteiger partial charge in [0.2, 0.25) is 0 Å². The molecular formula is C53H96O4. The van der Waals surface area contributed by atoms with Gasteiger partial charge >= 0.3 is 5.97 Å². The van der Waals surface area contributed by atoms with Gasteiger partial charge in [-0.3, -0.25) is 4.79 Å². The Bertz CT molecular complexity index is 1070. The highest BCUT2D eigenvalue weighted by Crippen LogP contribution is 2.33. The van der Waals surface area contributed by atoms with Crippen molar-refractivity contribution in [2.75, 3.05) is 13.2 Å². The van der Waals surface area contributed by atoms with Crippen LogP contribution in [-0.4, -0.2) is 35.0 Å². The lowest BCUT2D eigenvalue weighted by Crippen LogP contribution is -2.34. The van der Waals surface area contributed by atoms with Crippen LogP contribution < -0.4 is 0 Å². The number of carbonyl (C=O) groups excluding carboxylic acids is 1. The Kier molecular flexibility index (Phi) is 35.0. The Balaban J connectivity index is 2.08. The van der Waals surface area contributed by atoms with Gasteiger partial charge in [0.25, 0.3) is 0 Å². The normalized spacial score (nSPS) is 19.6. The van der Waals surface area contributed by atoms with Gasteiger partial charge in [0.05, 0.1) is 5.60 Å². The number of carbonyl (C=O) groups is 1. The quantitative estimate of drug-likeness (QED) is 0.0394. The molecule has 0 aromatic carbocycles. The van der Waals surface area contributed by atoms with E-state index < -0.39 is 5.60 Å². The van der Waals surface area contributed by atoms with Crippen molar-refractivity contribution in [2.45, 2.75) is 265 Å². The molecule has 0 heterocycles. The second-order valence-corrected chi connectivity index (χ2v) is 18.7. The summed E-state index contributed by atoms with van der Waals surface area (Å²) in [6, 6.07) is 0. The molecule has 0 bridgehead atoms. The standard InChI is InChI=1S/C53H96O4/c1-47(2)34-33-44-53(5,56)51-42-40-48(3)35-31-37-50(38-32-36-49(4)41-43-51)46-57-52(55)39-29-27-25-23-21-19-17-15-13-11-9-7-6-8-10-12-14-16-18-20-22-24-26-28-30-45-54/h34-35,38,41,51,54,56H,6-33,36-37,39-40,42-46H2,1-5H3/b48-35+,49-41-,50-38-/t51-,53+/m0/s1. The average molecular weight is 797 g/mol. The van der Waals surface area contributed by atoms with E-state index >= 15 is 0 Å². The smallest absolute Gasteiger partial charge is 0.306 e. The lowest BCUT2D eigenvalue weighted by molar-refractivity contribution is -0.142. The van der Waals surface area contributed by atoms with Crippen molar-refractivity contribution in [3.05, 3.63) is 46.6 Å². The van der Waals surface area contributed by atoms with Crippen LogP contribution in [-0.2, 0) is 9.53 Å². The number of hydrogen-bond donors (Lipinski definition) is 2. The summed E-state index contributed by atoms with van der Waals surface area (Å²) in [4.78, 5) is 12.6. The molecule has 0 saturated heterocycles. The van der Waals surface area contributed by atoms with Crippen LogP contribution in [0.15, 0.2) is 46.6 Å². The fourth-order valence-electron chi connectivity index (χ4n) is 8.42. The number of aliphatic hydroxyl groups is 2. The monoisotopic (exact) mass is 797 g/mol. The molecular weight excluding hydrogens is 701 g/mol. The van der Waals surface area contributed by atoms with Crippen LogP contribution in [0.4, 0.5) is 0 Å². The van der Waals surface area contributed by atoms with Gasteiger partial charge in [-0.05, 0) is 117 Å². The lowest BCUT2D eigenvalue weighted by Gasteiger charge is -2.33. The van der Waals surface area contributed by atoms with E-state index in [-0.39, 0.29) is 11.9 Å². The molecule has 4 nitrogen and oxygen atoms in total. The van der Waals surface area contributed by atoms with Crippen molar-refractivity contribution in [1.82, 2.24) is 0 Å². The van der Waals surface area contributed by atoms with E-state index in [9.17, 15) is 9.90 Å². The predicted octanol–water partition coefficient (Wildman–Crippen LogP) is 16.3. The molecule has 2 atom stereocenters. The zero-order valence-corrected chi connectivity index (χ0v) is 38.8. The summed E-state index contributed by atoms with van der Waals surface area (Å²) in [7, 11) is 0. The fraction of sp³-hybridized carbons (Fsp3) is 0.830. The SMILES string of the molecule is CC(C)=CCC[C@@](C)(O)[C@@H]1C/C=C(/C)CC/C=C(\COC(=O)CCCCCCCCCCCCCCCCCCCCCCCCCCCO)CC/C=C(\C)CC1. The first kappa shape index (κ1) is 53.4. The van der Waals surface area contributed by atoms with Gasteiger partial charge in [0.15, 0.2) is 0 Å². The molecule has 4 heteroatoms. The molecule has 57 heavy (non-hydrogen) atoms. The molecule has 0 aromatic heterocycles. The maximum absolute atomic E-state index is 12.6. The minimum Gasteiger partial charge on any atom is -0.461 e. The minimum atomic E-state index is -0.668. The van der Waals surface area contributed by atoms with E-state index in [0.717, 1.165) is 77.0 Å². The number of unbranched alkanes of at least 4 members (excludes halogenated alkanes) is 24. The van der Waals surface area contributed by atoms with Crippen molar-refractivity contribution < 1.29 is 19.7 Å². The highest BCUT2D eigenvalue weighted by molar-refractivity contribution is 5.69. The van der Waals surface area contributed by atoms with Gasteiger partial charge in [-0.1, -0.05) is 189 Å². The molecule has 332 valence electrons. The van der Waals surface area contributed by atoms with Gasteiger partial charge in [-0.2, -0.15) is 0 Å². The van der Waals surface area contributed by atoms with Crippen LogP contribution in [0, 0.1) is 5.92 Å². The number of allylic oxidation sites excluding steroid dienone is 7. The first-order valence-electron chi connectivity index (χ1n) is 24.8. The van der Waals surface area contributed by atoms with E-state index in [1.807, 2.05) is 6.92 Å². The van der Waals surface area contributed by atoms with Crippen LogP contribution in [0.5, 0.6) is 0 Å². The summed E-state index contributed by atoms with van der Waals surface area (Å²) in [6.45, 7) is 11.5. The Morgan fingerprint density at radius 1 is 0.649 bits per heavy atom. The topological polar surface area (TPSA) is 66.8 Å². The largest absolute Gasteiger partial charge is 0.461 e. The Morgan fingerprint density at radius 2 is 1.09 bits per heavy atom. The second kappa shape index (κ2) is 37.4. The van der Waals surface area contributed by atoms with E-state index in [0.29, 0.717) is 19.6 Å². The number of esters is 1. The molecule has 2 N–H and O–H groups in total. The number of aliphatic hydroxyl groups excluding tert-OH is 1. The summed E-state index contributed by atoms with van der Waals surface area (Å²) in [5.74, 6) is 0.213. The van der Waals surface area contributed by atoms with Gasteiger partial charge in [-0.25, -0.2) is 0 Å². The Hall–Kier alpha value is -1.65. The molecule has 0 fully saturated rings. The Morgan fingerprint density at radius 3 is 1.56 bits per heavy atom. The van der Waals surface area contributed by atoms with Gasteiger partial charge in [0, 0.05) is 13.0 Å². The van der Waals surface area contributed by atoms with Crippen molar-refractivity contribution in [1.29, 1.82) is 0 Å². The van der Waals surface area contributed by atoms with Gasteiger partial charge < -0.3 is 14.9 Å². The fourth-order valence-corrected chi connectivity index (χ4v) is 8.42. The first-order valence-corrected chi connectivity index (χ1v) is 24.8. The molecule has 0 aliphatic heterocycles. The third-order valence-corrected chi connectivity index (χ3v) is 12.6. The highest BCUT2D eigenvalue weighted by Gasteiger charge is 2.30. The molecule has 0 spiro atoms. The summed E-state index contributed by atoms with van der Waals surface area (Å²) in [5, 5.41) is 20.3. The van der Waals surface area contributed by atoms with E-state index in [4.69, 9.17) is 9.84 Å². The lowest BCUT2D eigenvalue weighted by atomic mass is 9.79. The van der Waals surface area contributed by atoms with Crippen LogP contribution in [0.2, 0.25) is 0 Å². The van der Waals surface area contributed by atoms with E-state index in [1.165, 1.54) is 164 Å². The van der Waals surface area contributed by atoms with Gasteiger partial charge in [-0.15, -0.1) is 0 Å². The third-order valence-electron chi connectivity index (χ3n) is 12.6. The molecule has 0 aromatic rings.